The van der Waals surface area contributed by atoms with Crippen LogP contribution < -0.4 is 4.72 Å². The Hall–Kier alpha value is -2.06. The molecule has 2 N–H and O–H groups in total. The van der Waals surface area contributed by atoms with Crippen LogP contribution in [0.2, 0.25) is 0 Å². The number of pyridine rings is 1. The van der Waals surface area contributed by atoms with Crippen LogP contribution in [-0.4, -0.2) is 36.7 Å². The van der Waals surface area contributed by atoms with Crippen LogP contribution >= 0.6 is 0 Å². The normalized spacial score (nSPS) is 19.9. The molecule has 29 heavy (non-hydrogen) atoms. The first-order chi connectivity index (χ1) is 13.5. The molecular formula is C21H25FN2O4S. The van der Waals surface area contributed by atoms with E-state index in [1.807, 2.05) is 12.1 Å². The van der Waals surface area contributed by atoms with Gasteiger partial charge in [0.25, 0.3) is 0 Å². The molecule has 6 nitrogen and oxygen atoms in total. The highest BCUT2D eigenvalue weighted by molar-refractivity contribution is 7.89. The molecule has 1 heterocycles. The Morgan fingerprint density at radius 2 is 2.03 bits per heavy atom. The molecule has 1 aromatic carbocycles. The number of fused-ring (bicyclic) bond motifs is 2. The molecule has 1 fully saturated rings. The molecule has 156 valence electrons. The zero-order valence-corrected chi connectivity index (χ0v) is 17.4. The molecule has 0 bridgehead atoms. The fraction of sp³-hybridized carbons (Fsp3) is 0.524. The number of alkyl halides is 1. The first-order valence-electron chi connectivity index (χ1n) is 9.91. The molecule has 4 rings (SSSR count). The summed E-state index contributed by atoms with van der Waals surface area (Å²) in [6.07, 6.45) is 4.86. The summed E-state index contributed by atoms with van der Waals surface area (Å²) >= 11 is 0. The number of hydrogen-bond acceptors (Lipinski definition) is 4. The predicted octanol–water partition coefficient (Wildman–Crippen LogP) is 3.33. The second-order valence-electron chi connectivity index (χ2n) is 8.77. The van der Waals surface area contributed by atoms with Gasteiger partial charge in [0.1, 0.15) is 5.67 Å². The smallest absolute Gasteiger partial charge is 0.306 e. The van der Waals surface area contributed by atoms with E-state index in [1.54, 1.807) is 6.20 Å². The molecule has 2 aliphatic rings. The third-order valence-corrected chi connectivity index (χ3v) is 7.23. The SMILES string of the molecule is CC(C)(F)CNS(=O)(=O)c1c2c(cc3cnc(C4CC4)cc13)CCC(C(=O)O)C2. The zero-order chi connectivity index (χ0) is 21.0. The zero-order valence-electron chi connectivity index (χ0n) is 16.5. The van der Waals surface area contributed by atoms with Crippen molar-refractivity contribution in [2.24, 2.45) is 5.92 Å². The number of nitrogens with one attached hydrogen (secondary N) is 1. The molecule has 1 aromatic heterocycles. The number of carboxylic acid groups (broad SMARTS) is 1. The van der Waals surface area contributed by atoms with E-state index in [1.165, 1.54) is 13.8 Å². The van der Waals surface area contributed by atoms with E-state index in [-0.39, 0.29) is 17.9 Å². The molecule has 2 aliphatic carbocycles. The van der Waals surface area contributed by atoms with Gasteiger partial charge in [-0.05, 0) is 69.2 Å². The summed E-state index contributed by atoms with van der Waals surface area (Å²) in [5.74, 6) is -1.21. The molecule has 0 saturated heterocycles. The van der Waals surface area contributed by atoms with Gasteiger partial charge in [0.05, 0.1) is 10.8 Å². The summed E-state index contributed by atoms with van der Waals surface area (Å²) < 4.78 is 43.0. The van der Waals surface area contributed by atoms with Crippen molar-refractivity contribution in [2.45, 2.75) is 62.4 Å². The van der Waals surface area contributed by atoms with Crippen molar-refractivity contribution in [3.63, 3.8) is 0 Å². The molecule has 1 unspecified atom stereocenters. The Morgan fingerprint density at radius 1 is 1.31 bits per heavy atom. The number of sulfonamides is 1. The largest absolute Gasteiger partial charge is 0.481 e. The molecule has 0 radical (unpaired) electrons. The van der Waals surface area contributed by atoms with Crippen molar-refractivity contribution in [1.29, 1.82) is 0 Å². The summed E-state index contributed by atoms with van der Waals surface area (Å²) in [7, 11) is -4.04. The lowest BCUT2D eigenvalue weighted by atomic mass is 9.82. The van der Waals surface area contributed by atoms with Gasteiger partial charge in [-0.3, -0.25) is 9.78 Å². The van der Waals surface area contributed by atoms with Crippen molar-refractivity contribution in [2.75, 3.05) is 6.54 Å². The van der Waals surface area contributed by atoms with Crippen molar-refractivity contribution in [1.82, 2.24) is 9.71 Å². The molecule has 0 aliphatic heterocycles. The molecule has 8 heteroatoms. The Labute approximate surface area is 169 Å². The number of carbonyl (C=O) groups is 1. The van der Waals surface area contributed by atoms with Crippen LogP contribution in [-0.2, 0) is 27.7 Å². The van der Waals surface area contributed by atoms with Gasteiger partial charge >= 0.3 is 5.97 Å². The number of aliphatic carboxylic acids is 1. The molecular weight excluding hydrogens is 395 g/mol. The highest BCUT2D eigenvalue weighted by Gasteiger charge is 2.33. The lowest BCUT2D eigenvalue weighted by Gasteiger charge is -2.26. The van der Waals surface area contributed by atoms with Crippen molar-refractivity contribution in [3.05, 3.63) is 35.2 Å². The minimum absolute atomic E-state index is 0.0875. The predicted molar refractivity (Wildman–Crippen MR) is 107 cm³/mol. The average molecular weight is 421 g/mol. The van der Waals surface area contributed by atoms with Gasteiger partial charge in [-0.2, -0.15) is 0 Å². The summed E-state index contributed by atoms with van der Waals surface area (Å²) in [4.78, 5) is 16.2. The van der Waals surface area contributed by atoms with Crippen LogP contribution in [0.4, 0.5) is 4.39 Å². The topological polar surface area (TPSA) is 96.4 Å². The van der Waals surface area contributed by atoms with Crippen LogP contribution in [0.5, 0.6) is 0 Å². The van der Waals surface area contributed by atoms with Gasteiger partial charge in [0.15, 0.2) is 0 Å². The summed E-state index contributed by atoms with van der Waals surface area (Å²) in [6, 6.07) is 3.73. The fourth-order valence-corrected chi connectivity index (χ4v) is 5.64. The first kappa shape index (κ1) is 20.2. The summed E-state index contributed by atoms with van der Waals surface area (Å²) in [5, 5.41) is 10.7. The number of hydrogen-bond donors (Lipinski definition) is 2. The van der Waals surface area contributed by atoms with E-state index >= 15 is 0 Å². The fourth-order valence-electron chi connectivity index (χ4n) is 3.96. The number of carboxylic acids is 1. The Kier molecular flexibility index (Phi) is 4.90. The highest BCUT2D eigenvalue weighted by atomic mass is 32.2. The van der Waals surface area contributed by atoms with Crippen molar-refractivity contribution in [3.8, 4) is 0 Å². The average Bonchev–Trinajstić information content (AvgIpc) is 3.48. The van der Waals surface area contributed by atoms with Gasteiger partial charge in [-0.15, -0.1) is 0 Å². The molecule has 0 spiro atoms. The second kappa shape index (κ2) is 7.02. The quantitative estimate of drug-likeness (QED) is 0.747. The number of halogens is 1. The van der Waals surface area contributed by atoms with Crippen LogP contribution in [0.1, 0.15) is 55.8 Å². The monoisotopic (exact) mass is 420 g/mol. The molecule has 0 amide bonds. The van der Waals surface area contributed by atoms with Crippen molar-refractivity contribution >= 4 is 26.8 Å². The van der Waals surface area contributed by atoms with Gasteiger partial charge in [0.2, 0.25) is 10.0 Å². The lowest BCUT2D eigenvalue weighted by Crippen LogP contribution is -2.36. The van der Waals surface area contributed by atoms with Crippen LogP contribution in [0.15, 0.2) is 23.2 Å². The van der Waals surface area contributed by atoms with E-state index in [2.05, 4.69) is 9.71 Å². The van der Waals surface area contributed by atoms with Crippen LogP contribution in [0.25, 0.3) is 10.8 Å². The maximum absolute atomic E-state index is 14.0. The van der Waals surface area contributed by atoms with Crippen molar-refractivity contribution < 1.29 is 22.7 Å². The standard InChI is InChI=1S/C21H25FN2O4S/c1-21(2,22)11-24-29(27,28)19-16-8-14(20(25)26)6-5-13(16)7-15-10-23-18(9-17(15)19)12-3-4-12/h7,9-10,12,14,24H,3-6,8,11H2,1-2H3,(H,25,26). The number of nitrogens with zero attached hydrogens (tertiary/aromatic N) is 1. The van der Waals surface area contributed by atoms with Gasteiger partial charge in [0, 0.05) is 35.1 Å². The Balaban J connectivity index is 1.91. The van der Waals surface area contributed by atoms with E-state index in [4.69, 9.17) is 0 Å². The van der Waals surface area contributed by atoms with Crippen LogP contribution in [0.3, 0.4) is 0 Å². The minimum Gasteiger partial charge on any atom is -0.481 e. The molecule has 2 aromatic rings. The van der Waals surface area contributed by atoms with E-state index < -0.39 is 27.6 Å². The Morgan fingerprint density at radius 3 is 2.66 bits per heavy atom. The van der Waals surface area contributed by atoms with E-state index in [0.29, 0.717) is 35.1 Å². The third kappa shape index (κ3) is 4.14. The second-order valence-corrected chi connectivity index (χ2v) is 10.5. The Bertz CT molecular complexity index is 1090. The highest BCUT2D eigenvalue weighted by Crippen LogP contribution is 2.42. The summed E-state index contributed by atoms with van der Waals surface area (Å²) in [5.41, 5.74) is 0.511. The van der Waals surface area contributed by atoms with Gasteiger partial charge in [-0.25, -0.2) is 17.5 Å². The van der Waals surface area contributed by atoms with E-state index in [0.717, 1.165) is 24.1 Å². The third-order valence-electron chi connectivity index (χ3n) is 5.70. The van der Waals surface area contributed by atoms with Gasteiger partial charge < -0.3 is 5.11 Å². The first-order valence-corrected chi connectivity index (χ1v) is 11.4. The molecule has 1 saturated carbocycles. The maximum atomic E-state index is 14.0. The van der Waals surface area contributed by atoms with Crippen LogP contribution in [0, 0.1) is 5.92 Å². The number of benzene rings is 1. The minimum atomic E-state index is -4.04. The molecule has 1 atom stereocenters. The maximum Gasteiger partial charge on any atom is 0.306 e. The number of rotatable bonds is 6. The lowest BCUT2D eigenvalue weighted by molar-refractivity contribution is -0.142. The van der Waals surface area contributed by atoms with Gasteiger partial charge in [-0.1, -0.05) is 0 Å². The van der Waals surface area contributed by atoms with E-state index in [9.17, 15) is 22.7 Å². The number of aryl methyl sites for hydroxylation is 1. The number of aromatic nitrogens is 1. The summed E-state index contributed by atoms with van der Waals surface area (Å²) in [6.45, 7) is 2.26.